The average molecular weight is 495 g/mol. The summed E-state index contributed by atoms with van der Waals surface area (Å²) in [6.07, 6.45) is 22.7. The van der Waals surface area contributed by atoms with E-state index >= 15 is 0 Å². The molecule has 0 fully saturated rings. The van der Waals surface area contributed by atoms with Gasteiger partial charge in [-0.15, -0.1) is 0 Å². The molecule has 0 aliphatic rings. The summed E-state index contributed by atoms with van der Waals surface area (Å²) in [7, 11) is -4.32. The number of unbranched alkanes of at least 4 members (excludes halogenated alkanes) is 15. The van der Waals surface area contributed by atoms with Gasteiger partial charge in [0.25, 0.3) is 0 Å². The second-order valence-electron chi connectivity index (χ2n) is 8.15. The summed E-state index contributed by atoms with van der Waals surface area (Å²) in [5, 5.41) is 0. The van der Waals surface area contributed by atoms with Crippen molar-refractivity contribution in [1.29, 1.82) is 0 Å². The van der Waals surface area contributed by atoms with Gasteiger partial charge < -0.3 is 4.55 Å². The van der Waals surface area contributed by atoms with Crippen LogP contribution >= 0.6 is 0 Å². The normalized spacial score (nSPS) is 11.4. The summed E-state index contributed by atoms with van der Waals surface area (Å²) in [5.74, 6) is 0. The first-order valence-corrected chi connectivity index (χ1v) is 13.0. The van der Waals surface area contributed by atoms with Gasteiger partial charge in [0.2, 0.25) is 0 Å². The van der Waals surface area contributed by atoms with Gasteiger partial charge in [0.1, 0.15) is 10.1 Å². The maximum Gasteiger partial charge on any atom is 1.00 e. The molecule has 3 nitrogen and oxygen atoms in total. The number of aryl methyl sites for hydroxylation is 1. The molecule has 0 aromatic heterocycles. The molecule has 0 amide bonds. The number of hydrogen-bond donors (Lipinski definition) is 0. The van der Waals surface area contributed by atoms with Crippen molar-refractivity contribution in [3.8, 4) is 0 Å². The van der Waals surface area contributed by atoms with Crippen molar-refractivity contribution in [2.45, 2.75) is 121 Å². The summed E-state index contributed by atoms with van der Waals surface area (Å²) in [5.41, 5.74) is 1.11. The summed E-state index contributed by atoms with van der Waals surface area (Å²) in [6, 6.07) is 6.36. The molecule has 29 heavy (non-hydrogen) atoms. The fourth-order valence-corrected chi connectivity index (χ4v) is 4.17. The van der Waals surface area contributed by atoms with Crippen molar-refractivity contribution in [3.05, 3.63) is 29.8 Å². The van der Waals surface area contributed by atoms with Crippen LogP contribution < -0.4 is 58.2 Å². The van der Waals surface area contributed by atoms with Crippen LogP contribution in [-0.4, -0.2) is 13.0 Å². The molecular weight excluding hydrogens is 454 g/mol. The third kappa shape index (κ3) is 17.2. The van der Waals surface area contributed by atoms with Gasteiger partial charge in [-0.05, 0) is 30.5 Å². The van der Waals surface area contributed by atoms with Crippen LogP contribution in [0.5, 0.6) is 0 Å². The smallest absolute Gasteiger partial charge is 0.744 e. The van der Waals surface area contributed by atoms with E-state index in [-0.39, 0.29) is 63.1 Å². The third-order valence-corrected chi connectivity index (χ3v) is 6.38. The molecule has 0 heterocycles. The number of rotatable bonds is 18. The Hall–Kier alpha value is 0.935. The molecule has 0 N–H and O–H groups in total. The molecule has 162 valence electrons. The Labute approximate surface area is 229 Å². The summed E-state index contributed by atoms with van der Waals surface area (Å²) < 4.78 is 32.7. The van der Waals surface area contributed by atoms with Gasteiger partial charge in [-0.25, -0.2) is 8.42 Å². The molecule has 0 radical (unpaired) electrons. The minimum atomic E-state index is -4.32. The molecule has 1 aromatic carbocycles. The van der Waals surface area contributed by atoms with Gasteiger partial charge in [-0.3, -0.25) is 0 Å². The Bertz CT molecular complexity index is 585. The van der Waals surface area contributed by atoms with Gasteiger partial charge in [0, 0.05) is 0 Å². The standard InChI is InChI=1S/C24H42O3S.Rb/c1-2-3-4-5-6-7-8-9-10-11-12-13-14-15-16-17-18-23-19-21-24(22-20-23)28(25,26)27;/h19-22H,2-18H2,1H3,(H,25,26,27);/q;+1/p-1. The van der Waals surface area contributed by atoms with Crippen LogP contribution in [0.15, 0.2) is 29.2 Å². The largest absolute Gasteiger partial charge is 1.00 e. The van der Waals surface area contributed by atoms with Crippen LogP contribution in [0.25, 0.3) is 0 Å². The van der Waals surface area contributed by atoms with E-state index < -0.39 is 10.1 Å². The van der Waals surface area contributed by atoms with E-state index in [2.05, 4.69) is 6.92 Å². The van der Waals surface area contributed by atoms with Gasteiger partial charge in [0.05, 0.1) is 4.90 Å². The maximum atomic E-state index is 10.9. The Morgan fingerprint density at radius 2 is 0.966 bits per heavy atom. The second kappa shape index (κ2) is 19.6. The van der Waals surface area contributed by atoms with Gasteiger partial charge in [-0.1, -0.05) is 115 Å². The van der Waals surface area contributed by atoms with Crippen LogP contribution in [0.3, 0.4) is 0 Å². The Morgan fingerprint density at radius 1 is 0.621 bits per heavy atom. The molecule has 0 aliphatic heterocycles. The number of hydrogen-bond acceptors (Lipinski definition) is 3. The van der Waals surface area contributed by atoms with E-state index in [1.807, 2.05) is 0 Å². The van der Waals surface area contributed by atoms with Crippen LogP contribution in [0.2, 0.25) is 0 Å². The first kappa shape index (κ1) is 29.9. The van der Waals surface area contributed by atoms with Gasteiger partial charge >= 0.3 is 58.2 Å². The molecule has 5 heteroatoms. The Balaban J connectivity index is 0.00000784. The molecule has 0 aliphatic carbocycles. The summed E-state index contributed by atoms with van der Waals surface area (Å²) in [6.45, 7) is 2.27. The van der Waals surface area contributed by atoms with Crippen LogP contribution in [0.1, 0.15) is 115 Å². The van der Waals surface area contributed by atoms with Crippen molar-refractivity contribution in [2.75, 3.05) is 0 Å². The molecule has 0 saturated heterocycles. The van der Waals surface area contributed by atoms with Crippen molar-refractivity contribution in [1.82, 2.24) is 0 Å². The first-order valence-electron chi connectivity index (χ1n) is 11.6. The molecule has 0 bridgehead atoms. The zero-order valence-corrected chi connectivity index (χ0v) is 24.7. The zero-order chi connectivity index (χ0) is 20.5. The molecule has 0 saturated carbocycles. The van der Waals surface area contributed by atoms with E-state index in [9.17, 15) is 13.0 Å². The van der Waals surface area contributed by atoms with E-state index in [1.165, 1.54) is 108 Å². The molecule has 0 spiro atoms. The fourth-order valence-electron chi connectivity index (χ4n) is 3.70. The van der Waals surface area contributed by atoms with E-state index in [0.29, 0.717) is 0 Å². The predicted molar refractivity (Wildman–Crippen MR) is 118 cm³/mol. The molecular formula is C24H41O3RbS. The van der Waals surface area contributed by atoms with Crippen LogP contribution in [-0.2, 0) is 16.5 Å². The van der Waals surface area contributed by atoms with Gasteiger partial charge in [-0.2, -0.15) is 0 Å². The summed E-state index contributed by atoms with van der Waals surface area (Å²) in [4.78, 5) is -0.136. The zero-order valence-electron chi connectivity index (χ0n) is 19.0. The third-order valence-electron chi connectivity index (χ3n) is 5.53. The Kier molecular flexibility index (Phi) is 20.2. The van der Waals surface area contributed by atoms with Crippen molar-refractivity contribution in [2.24, 2.45) is 0 Å². The predicted octanol–water partition coefficient (Wildman–Crippen LogP) is 4.40. The topological polar surface area (TPSA) is 57.2 Å². The SMILES string of the molecule is CCCCCCCCCCCCCCCCCCc1ccc(S(=O)(=O)[O-])cc1.[Rb+]. The van der Waals surface area contributed by atoms with Crippen LogP contribution in [0.4, 0.5) is 0 Å². The molecule has 0 atom stereocenters. The second-order valence-corrected chi connectivity index (χ2v) is 9.53. The molecule has 0 unspecified atom stereocenters. The van der Waals surface area contributed by atoms with Gasteiger partial charge in [0.15, 0.2) is 0 Å². The van der Waals surface area contributed by atoms with E-state index in [1.54, 1.807) is 12.1 Å². The minimum absolute atomic E-state index is 0. The first-order chi connectivity index (χ1) is 13.5. The van der Waals surface area contributed by atoms with Crippen molar-refractivity contribution in [3.63, 3.8) is 0 Å². The number of benzene rings is 1. The average Bonchev–Trinajstić information content (AvgIpc) is 2.67. The Morgan fingerprint density at radius 3 is 1.31 bits per heavy atom. The quantitative estimate of drug-likeness (QED) is 0.224. The van der Waals surface area contributed by atoms with E-state index in [0.717, 1.165) is 18.4 Å². The van der Waals surface area contributed by atoms with Crippen LogP contribution in [0, 0.1) is 0 Å². The summed E-state index contributed by atoms with van der Waals surface area (Å²) >= 11 is 0. The van der Waals surface area contributed by atoms with Crippen molar-refractivity contribution < 1.29 is 71.2 Å². The fraction of sp³-hybridized carbons (Fsp3) is 0.750. The minimum Gasteiger partial charge on any atom is -0.744 e. The van der Waals surface area contributed by atoms with Crippen molar-refractivity contribution >= 4 is 10.1 Å². The molecule has 1 rings (SSSR count). The maximum absolute atomic E-state index is 10.9. The molecule has 1 aromatic rings. The monoisotopic (exact) mass is 494 g/mol. The van der Waals surface area contributed by atoms with E-state index in [4.69, 9.17) is 0 Å².